The Morgan fingerprint density at radius 3 is 2.25 bits per heavy atom. The summed E-state index contributed by atoms with van der Waals surface area (Å²) in [6, 6.07) is 20.4. The second-order valence-corrected chi connectivity index (χ2v) is 9.55. The Balaban J connectivity index is 1.25. The first-order valence-electron chi connectivity index (χ1n) is 12.4. The molecule has 4 heterocycles. The van der Waals surface area contributed by atoms with E-state index in [0.717, 1.165) is 30.8 Å². The third kappa shape index (κ3) is 3.98. The van der Waals surface area contributed by atoms with Gasteiger partial charge < -0.3 is 9.80 Å². The molecule has 182 valence electrons. The third-order valence-corrected chi connectivity index (χ3v) is 7.26. The zero-order chi connectivity index (χ0) is 24.6. The predicted octanol–water partition coefficient (Wildman–Crippen LogP) is 3.24. The van der Waals surface area contributed by atoms with Crippen LogP contribution in [0.1, 0.15) is 56.4 Å². The molecule has 1 atom stereocenters. The molecule has 0 radical (unpaired) electrons. The summed E-state index contributed by atoms with van der Waals surface area (Å²) in [5.74, 6) is 0.0503. The topological polar surface area (TPSA) is 90.8 Å². The molecule has 2 amide bonds. The molecule has 1 N–H and O–H groups in total. The number of nitrogens with zero attached hydrogens (tertiary/aromatic N) is 4. The second-order valence-electron chi connectivity index (χ2n) is 9.55. The van der Waals surface area contributed by atoms with Crippen molar-refractivity contribution in [2.75, 3.05) is 19.6 Å². The van der Waals surface area contributed by atoms with Crippen molar-refractivity contribution in [3.8, 4) is 0 Å². The number of piperidine rings is 1. The molecule has 2 aliphatic rings. The minimum absolute atomic E-state index is 0.0327. The Bertz CT molecular complexity index is 1490. The van der Waals surface area contributed by atoms with E-state index >= 15 is 0 Å². The number of hydrogen-bond donors (Lipinski definition) is 1. The molecule has 2 aliphatic heterocycles. The molecule has 0 bridgehead atoms. The van der Waals surface area contributed by atoms with E-state index in [0.29, 0.717) is 41.8 Å². The summed E-state index contributed by atoms with van der Waals surface area (Å²) >= 11 is 0. The molecule has 0 spiro atoms. The Labute approximate surface area is 208 Å². The lowest BCUT2D eigenvalue weighted by molar-refractivity contribution is 0.0703. The molecule has 2 aromatic heterocycles. The van der Waals surface area contributed by atoms with Crippen molar-refractivity contribution in [1.82, 2.24) is 24.4 Å². The van der Waals surface area contributed by atoms with Gasteiger partial charge in [0.15, 0.2) is 5.65 Å². The predicted molar refractivity (Wildman–Crippen MR) is 135 cm³/mol. The first-order valence-corrected chi connectivity index (χ1v) is 12.4. The van der Waals surface area contributed by atoms with Crippen molar-refractivity contribution >= 4 is 17.5 Å². The molecule has 2 aromatic carbocycles. The lowest BCUT2D eigenvalue weighted by atomic mass is 9.94. The Morgan fingerprint density at radius 2 is 1.56 bits per heavy atom. The summed E-state index contributed by atoms with van der Waals surface area (Å²) in [6.07, 6.45) is 2.37. The van der Waals surface area contributed by atoms with Gasteiger partial charge in [-0.3, -0.25) is 19.5 Å². The van der Waals surface area contributed by atoms with Crippen molar-refractivity contribution in [2.45, 2.75) is 31.7 Å². The van der Waals surface area contributed by atoms with E-state index in [4.69, 9.17) is 4.98 Å². The van der Waals surface area contributed by atoms with Crippen molar-refractivity contribution in [3.05, 3.63) is 105 Å². The number of fused-ring (bicyclic) bond motifs is 2. The molecule has 8 heteroatoms. The lowest BCUT2D eigenvalue weighted by Gasteiger charge is -2.32. The average molecular weight is 482 g/mol. The minimum atomic E-state index is -0.167. The van der Waals surface area contributed by atoms with Crippen molar-refractivity contribution in [3.63, 3.8) is 0 Å². The third-order valence-electron chi connectivity index (χ3n) is 7.26. The van der Waals surface area contributed by atoms with E-state index in [-0.39, 0.29) is 29.8 Å². The largest absolute Gasteiger partial charge is 0.338 e. The minimum Gasteiger partial charge on any atom is -0.338 e. The van der Waals surface area contributed by atoms with Crippen LogP contribution in [0.15, 0.2) is 71.5 Å². The number of rotatable bonds is 3. The fourth-order valence-electron chi connectivity index (χ4n) is 5.32. The molecule has 8 nitrogen and oxygen atoms in total. The molecular formula is C28H27N5O3. The number of carbonyl (C=O) groups excluding carboxylic acids is 2. The number of amides is 2. The van der Waals surface area contributed by atoms with Crippen LogP contribution in [0.3, 0.4) is 0 Å². The summed E-state index contributed by atoms with van der Waals surface area (Å²) < 4.78 is 1.49. The van der Waals surface area contributed by atoms with Gasteiger partial charge in [0.25, 0.3) is 17.4 Å². The van der Waals surface area contributed by atoms with Gasteiger partial charge in [0, 0.05) is 54.9 Å². The maximum atomic E-state index is 13.4. The normalized spacial score (nSPS) is 17.7. The lowest BCUT2D eigenvalue weighted by Crippen LogP contribution is -2.40. The molecule has 1 unspecified atom stereocenters. The van der Waals surface area contributed by atoms with Gasteiger partial charge in [-0.15, -0.1) is 0 Å². The average Bonchev–Trinajstić information content (AvgIpc) is 3.38. The Hall–Kier alpha value is -4.20. The quantitative estimate of drug-likeness (QED) is 0.486. The highest BCUT2D eigenvalue weighted by molar-refractivity contribution is 5.94. The van der Waals surface area contributed by atoms with Gasteiger partial charge in [-0.2, -0.15) is 0 Å². The van der Waals surface area contributed by atoms with Gasteiger partial charge in [-0.25, -0.2) is 9.50 Å². The summed E-state index contributed by atoms with van der Waals surface area (Å²) in [6.45, 7) is 2.09. The molecule has 36 heavy (non-hydrogen) atoms. The fourth-order valence-corrected chi connectivity index (χ4v) is 5.32. The number of H-pyrrole nitrogens is 1. The van der Waals surface area contributed by atoms with Crippen LogP contribution >= 0.6 is 0 Å². The fraction of sp³-hybridized carbons (Fsp3) is 0.286. The maximum absolute atomic E-state index is 13.4. The molecule has 4 aromatic rings. The summed E-state index contributed by atoms with van der Waals surface area (Å²) in [7, 11) is 0. The first-order chi connectivity index (χ1) is 17.6. The van der Waals surface area contributed by atoms with Crippen LogP contribution in [0.25, 0.3) is 5.65 Å². The number of carbonyl (C=O) groups is 2. The van der Waals surface area contributed by atoms with E-state index in [1.807, 2.05) is 59.5 Å². The molecule has 6 rings (SSSR count). The summed E-state index contributed by atoms with van der Waals surface area (Å²) in [4.78, 5) is 47.7. The monoisotopic (exact) mass is 481 g/mol. The smallest absolute Gasteiger partial charge is 0.277 e. The second kappa shape index (κ2) is 9.11. The van der Waals surface area contributed by atoms with E-state index in [2.05, 4.69) is 5.10 Å². The van der Waals surface area contributed by atoms with Crippen LogP contribution in [-0.2, 0) is 13.0 Å². The van der Waals surface area contributed by atoms with E-state index in [1.54, 1.807) is 17.0 Å². The molecule has 0 saturated carbocycles. The zero-order valence-corrected chi connectivity index (χ0v) is 19.9. The number of likely N-dealkylation sites (tertiary alicyclic amines) is 1. The van der Waals surface area contributed by atoms with Gasteiger partial charge in [0.2, 0.25) is 0 Å². The Kier molecular flexibility index (Phi) is 5.64. The van der Waals surface area contributed by atoms with Gasteiger partial charge in [-0.05, 0) is 37.1 Å². The van der Waals surface area contributed by atoms with Crippen molar-refractivity contribution in [2.24, 2.45) is 0 Å². The molecule has 1 saturated heterocycles. The first kappa shape index (κ1) is 22.3. The SMILES string of the molecule is O=C(c1ccccc1)N1CCc2nc3cc(C4CCCN(C(=O)c5ccccc5)C4)[nH]n3c(=O)c2C1. The highest BCUT2D eigenvalue weighted by Crippen LogP contribution is 2.28. The van der Waals surface area contributed by atoms with Gasteiger partial charge >= 0.3 is 0 Å². The van der Waals surface area contributed by atoms with Crippen LogP contribution in [0.4, 0.5) is 0 Å². The molecular weight excluding hydrogens is 454 g/mol. The number of aromatic nitrogens is 3. The highest BCUT2D eigenvalue weighted by atomic mass is 16.2. The zero-order valence-electron chi connectivity index (χ0n) is 19.9. The summed E-state index contributed by atoms with van der Waals surface area (Å²) in [5.41, 5.74) is 3.94. The van der Waals surface area contributed by atoms with Crippen molar-refractivity contribution < 1.29 is 9.59 Å². The van der Waals surface area contributed by atoms with Crippen LogP contribution < -0.4 is 5.56 Å². The van der Waals surface area contributed by atoms with Gasteiger partial charge in [0.05, 0.1) is 17.8 Å². The number of hydrogen-bond acceptors (Lipinski definition) is 4. The van der Waals surface area contributed by atoms with Crippen LogP contribution in [0.5, 0.6) is 0 Å². The maximum Gasteiger partial charge on any atom is 0.277 e. The van der Waals surface area contributed by atoms with E-state index in [1.165, 1.54) is 4.52 Å². The number of nitrogens with one attached hydrogen (secondary N) is 1. The van der Waals surface area contributed by atoms with Crippen LogP contribution in [0.2, 0.25) is 0 Å². The Morgan fingerprint density at radius 1 is 0.889 bits per heavy atom. The van der Waals surface area contributed by atoms with E-state index in [9.17, 15) is 14.4 Å². The van der Waals surface area contributed by atoms with E-state index < -0.39 is 0 Å². The van der Waals surface area contributed by atoms with Crippen molar-refractivity contribution in [1.29, 1.82) is 0 Å². The molecule has 1 fully saturated rings. The van der Waals surface area contributed by atoms with Crippen LogP contribution in [0, 0.1) is 0 Å². The van der Waals surface area contributed by atoms with Gasteiger partial charge in [-0.1, -0.05) is 36.4 Å². The number of aromatic amines is 1. The van der Waals surface area contributed by atoms with Gasteiger partial charge in [0.1, 0.15) is 0 Å². The molecule has 0 aliphatic carbocycles. The standard InChI is InChI=1S/C28H27N5O3/c34-26(19-8-3-1-4-9-19)31-14-7-12-21(17-31)24-16-25-29-23-13-15-32(18-22(23)28(36)33(25)30-24)27(35)20-10-5-2-6-11-20/h1-6,8-11,16,21,30H,7,12-15,17-18H2. The summed E-state index contributed by atoms with van der Waals surface area (Å²) in [5, 5.41) is 3.26. The van der Waals surface area contributed by atoms with Crippen LogP contribution in [-0.4, -0.2) is 55.8 Å². The number of benzene rings is 2. The highest BCUT2D eigenvalue weighted by Gasteiger charge is 2.29.